The Bertz CT molecular complexity index is 1140. The molecular weight excluding hydrogens is 491 g/mol. The SMILES string of the molecule is O=C(O)CCNCCCn1c(-c2ccc(OC(F)(F)F)cc2)csc1=NCc1ccc(Cl)cc1. The van der Waals surface area contributed by atoms with Crippen molar-refractivity contribution in [2.75, 3.05) is 13.1 Å². The number of hydrogen-bond acceptors (Lipinski definition) is 5. The third kappa shape index (κ3) is 8.19. The van der Waals surface area contributed by atoms with Crippen LogP contribution in [0.1, 0.15) is 18.4 Å². The summed E-state index contributed by atoms with van der Waals surface area (Å²) in [6.45, 7) is 2.04. The van der Waals surface area contributed by atoms with Crippen LogP contribution in [0.15, 0.2) is 58.9 Å². The van der Waals surface area contributed by atoms with Gasteiger partial charge < -0.3 is 19.7 Å². The van der Waals surface area contributed by atoms with E-state index in [1.165, 1.54) is 23.5 Å². The van der Waals surface area contributed by atoms with Crippen LogP contribution >= 0.6 is 22.9 Å². The van der Waals surface area contributed by atoms with Crippen molar-refractivity contribution in [3.05, 3.63) is 69.3 Å². The minimum absolute atomic E-state index is 0.0465. The van der Waals surface area contributed by atoms with Gasteiger partial charge in [0.2, 0.25) is 0 Å². The van der Waals surface area contributed by atoms with Gasteiger partial charge >= 0.3 is 12.3 Å². The fourth-order valence-electron chi connectivity index (χ4n) is 3.16. The molecule has 0 spiro atoms. The number of thiazole rings is 1. The number of rotatable bonds is 11. The summed E-state index contributed by atoms with van der Waals surface area (Å²) in [5.41, 5.74) is 2.55. The van der Waals surface area contributed by atoms with Crippen molar-refractivity contribution in [1.29, 1.82) is 0 Å². The number of nitrogens with one attached hydrogen (secondary N) is 1. The van der Waals surface area contributed by atoms with E-state index in [0.29, 0.717) is 37.6 Å². The monoisotopic (exact) mass is 513 g/mol. The highest BCUT2D eigenvalue weighted by atomic mass is 35.5. The number of nitrogens with zero attached hydrogens (tertiary/aromatic N) is 2. The average Bonchev–Trinajstić information content (AvgIpc) is 3.17. The van der Waals surface area contributed by atoms with Crippen molar-refractivity contribution in [3.63, 3.8) is 0 Å². The van der Waals surface area contributed by atoms with E-state index in [9.17, 15) is 18.0 Å². The summed E-state index contributed by atoms with van der Waals surface area (Å²) in [6.07, 6.45) is -3.98. The molecule has 0 aliphatic carbocycles. The summed E-state index contributed by atoms with van der Waals surface area (Å²) in [5, 5.41) is 14.4. The van der Waals surface area contributed by atoms with E-state index in [1.54, 1.807) is 24.3 Å². The first-order chi connectivity index (χ1) is 16.2. The van der Waals surface area contributed by atoms with Crippen LogP contribution in [0.2, 0.25) is 5.02 Å². The second-order valence-electron chi connectivity index (χ2n) is 7.32. The lowest BCUT2D eigenvalue weighted by molar-refractivity contribution is -0.274. The molecule has 0 amide bonds. The molecule has 0 saturated carbocycles. The maximum absolute atomic E-state index is 12.5. The summed E-state index contributed by atoms with van der Waals surface area (Å²) >= 11 is 7.38. The number of ether oxygens (including phenoxy) is 1. The van der Waals surface area contributed by atoms with E-state index in [-0.39, 0.29) is 12.2 Å². The van der Waals surface area contributed by atoms with Crippen molar-refractivity contribution in [1.82, 2.24) is 9.88 Å². The van der Waals surface area contributed by atoms with Crippen molar-refractivity contribution >= 4 is 28.9 Å². The molecular formula is C23H23ClF3N3O3S. The summed E-state index contributed by atoms with van der Waals surface area (Å²) in [4.78, 5) is 16.1. The van der Waals surface area contributed by atoms with E-state index in [1.807, 2.05) is 22.1 Å². The molecule has 0 bridgehead atoms. The van der Waals surface area contributed by atoms with Gasteiger partial charge in [-0.1, -0.05) is 23.7 Å². The number of aliphatic carboxylic acids is 1. The summed E-state index contributed by atoms with van der Waals surface area (Å²) in [6, 6.07) is 13.1. The average molecular weight is 514 g/mol. The van der Waals surface area contributed by atoms with Crippen molar-refractivity contribution in [3.8, 4) is 17.0 Å². The Labute approximate surface area is 203 Å². The van der Waals surface area contributed by atoms with Gasteiger partial charge in [0.15, 0.2) is 4.80 Å². The molecule has 0 saturated heterocycles. The smallest absolute Gasteiger partial charge is 0.481 e. The number of aromatic nitrogens is 1. The highest BCUT2D eigenvalue weighted by molar-refractivity contribution is 7.07. The number of hydrogen-bond donors (Lipinski definition) is 2. The lowest BCUT2D eigenvalue weighted by atomic mass is 10.1. The minimum atomic E-state index is -4.74. The van der Waals surface area contributed by atoms with E-state index in [0.717, 1.165) is 21.6 Å². The Morgan fingerprint density at radius 2 is 1.82 bits per heavy atom. The molecule has 0 radical (unpaired) electrons. The molecule has 34 heavy (non-hydrogen) atoms. The number of carboxylic acid groups (broad SMARTS) is 1. The lowest BCUT2D eigenvalue weighted by Crippen LogP contribution is -2.23. The van der Waals surface area contributed by atoms with E-state index in [4.69, 9.17) is 21.7 Å². The molecule has 2 aromatic carbocycles. The molecule has 0 aliphatic heterocycles. The highest BCUT2D eigenvalue weighted by Gasteiger charge is 2.31. The first kappa shape index (κ1) is 25.8. The molecule has 3 aromatic rings. The number of benzene rings is 2. The van der Waals surface area contributed by atoms with Crippen LogP contribution in [0.3, 0.4) is 0 Å². The maximum atomic E-state index is 12.5. The minimum Gasteiger partial charge on any atom is -0.481 e. The zero-order valence-electron chi connectivity index (χ0n) is 18.0. The quantitative estimate of drug-likeness (QED) is 0.340. The number of carbonyl (C=O) groups is 1. The van der Waals surface area contributed by atoms with Crippen LogP contribution < -0.4 is 14.9 Å². The second kappa shape index (κ2) is 12.0. The zero-order chi connectivity index (χ0) is 24.6. The normalized spacial score (nSPS) is 12.2. The Balaban J connectivity index is 1.79. The van der Waals surface area contributed by atoms with Gasteiger partial charge in [-0.2, -0.15) is 0 Å². The highest BCUT2D eigenvalue weighted by Crippen LogP contribution is 2.27. The van der Waals surface area contributed by atoms with E-state index in [2.05, 4.69) is 10.1 Å². The molecule has 1 aromatic heterocycles. The van der Waals surface area contributed by atoms with Crippen molar-refractivity contribution in [2.45, 2.75) is 32.3 Å². The first-order valence-corrected chi connectivity index (χ1v) is 11.7. The maximum Gasteiger partial charge on any atom is 0.573 e. The molecule has 2 N–H and O–H groups in total. The fourth-order valence-corrected chi connectivity index (χ4v) is 4.22. The van der Waals surface area contributed by atoms with Crippen LogP contribution in [0.4, 0.5) is 13.2 Å². The lowest BCUT2D eigenvalue weighted by Gasteiger charge is -2.12. The van der Waals surface area contributed by atoms with E-state index >= 15 is 0 Å². The molecule has 182 valence electrons. The number of halogens is 4. The van der Waals surface area contributed by atoms with Crippen LogP contribution in [0.5, 0.6) is 5.75 Å². The molecule has 6 nitrogen and oxygen atoms in total. The van der Waals surface area contributed by atoms with Crippen LogP contribution in [-0.4, -0.2) is 35.1 Å². The van der Waals surface area contributed by atoms with Gasteiger partial charge in [-0.25, -0.2) is 0 Å². The summed E-state index contributed by atoms with van der Waals surface area (Å²) in [5.74, 6) is -1.14. The number of alkyl halides is 3. The van der Waals surface area contributed by atoms with E-state index < -0.39 is 12.3 Å². The second-order valence-corrected chi connectivity index (χ2v) is 8.59. The predicted molar refractivity (Wildman–Crippen MR) is 125 cm³/mol. The van der Waals surface area contributed by atoms with Crippen molar-refractivity contribution in [2.24, 2.45) is 4.99 Å². The molecule has 0 unspecified atom stereocenters. The Morgan fingerprint density at radius 1 is 1.12 bits per heavy atom. The Hall–Kier alpha value is -2.82. The molecule has 11 heteroatoms. The van der Waals surface area contributed by atoms with Gasteiger partial charge in [-0.05, 0) is 60.5 Å². The van der Waals surface area contributed by atoms with Gasteiger partial charge in [0.05, 0.1) is 18.7 Å². The van der Waals surface area contributed by atoms with Crippen LogP contribution in [0, 0.1) is 0 Å². The predicted octanol–water partition coefficient (Wildman–Crippen LogP) is 5.32. The van der Waals surface area contributed by atoms with Crippen LogP contribution in [0.25, 0.3) is 11.3 Å². The molecule has 1 heterocycles. The topological polar surface area (TPSA) is 75.8 Å². The first-order valence-electron chi connectivity index (χ1n) is 10.4. The van der Waals surface area contributed by atoms with Gasteiger partial charge in [0.1, 0.15) is 5.75 Å². The third-order valence-corrected chi connectivity index (χ3v) is 5.90. The summed E-state index contributed by atoms with van der Waals surface area (Å²) in [7, 11) is 0. The van der Waals surface area contributed by atoms with Crippen LogP contribution in [-0.2, 0) is 17.9 Å². The molecule has 0 fully saturated rings. The van der Waals surface area contributed by atoms with Gasteiger partial charge in [0.25, 0.3) is 0 Å². The fraction of sp³-hybridized carbons (Fsp3) is 0.304. The zero-order valence-corrected chi connectivity index (χ0v) is 19.6. The largest absolute Gasteiger partial charge is 0.573 e. The van der Waals surface area contributed by atoms with Gasteiger partial charge in [-0.3, -0.25) is 9.79 Å². The standard InChI is InChI=1S/C23H23ClF3N3O3S/c24-18-6-2-16(3-7-18)14-29-22-30(13-1-11-28-12-10-21(31)32)20(15-34-22)17-4-8-19(9-5-17)33-23(25,26)27/h2-9,15,28H,1,10-14H2,(H,31,32). The van der Waals surface area contributed by atoms with Gasteiger partial charge in [0, 0.05) is 23.5 Å². The third-order valence-electron chi connectivity index (χ3n) is 4.74. The van der Waals surface area contributed by atoms with Crippen molar-refractivity contribution < 1.29 is 27.8 Å². The molecule has 0 atom stereocenters. The Kier molecular flexibility index (Phi) is 9.14. The summed E-state index contributed by atoms with van der Waals surface area (Å²) < 4.78 is 43.4. The number of carboxylic acids is 1. The Morgan fingerprint density at radius 3 is 2.47 bits per heavy atom. The van der Waals surface area contributed by atoms with Gasteiger partial charge in [-0.15, -0.1) is 24.5 Å². The molecule has 0 aliphatic rings. The molecule has 3 rings (SSSR count).